The highest BCUT2D eigenvalue weighted by atomic mass is 13.9. The van der Waals surface area contributed by atoms with E-state index in [4.69, 9.17) is 0 Å². The van der Waals surface area contributed by atoms with Gasteiger partial charge in [0.15, 0.2) is 0 Å². The fourth-order valence-electron chi connectivity index (χ4n) is 0.881. The van der Waals surface area contributed by atoms with Crippen molar-refractivity contribution >= 4 is 0 Å². The quantitative estimate of drug-likeness (QED) is 0.445. The fraction of sp³-hybridized carbons (Fsp3) is 0.300. The SMILES string of the molecule is [CH]1/C=C\C/C=C\CC/C=C\1. The van der Waals surface area contributed by atoms with E-state index in [0.29, 0.717) is 0 Å². The van der Waals surface area contributed by atoms with Gasteiger partial charge in [-0.25, -0.2) is 0 Å². The van der Waals surface area contributed by atoms with Gasteiger partial charge in [0.1, 0.15) is 0 Å². The minimum atomic E-state index is 1.07. The van der Waals surface area contributed by atoms with Gasteiger partial charge in [0.2, 0.25) is 0 Å². The number of allylic oxidation sites excluding steroid dienone is 6. The molecule has 0 nitrogen and oxygen atoms in total. The molecule has 1 aliphatic carbocycles. The van der Waals surface area contributed by atoms with Crippen LogP contribution in [-0.2, 0) is 0 Å². The predicted molar refractivity (Wildman–Crippen MR) is 45.6 cm³/mol. The maximum atomic E-state index is 2.24. The first-order chi connectivity index (χ1) is 5.00. The molecular weight excluding hydrogens is 120 g/mol. The van der Waals surface area contributed by atoms with Crippen LogP contribution in [0.3, 0.4) is 0 Å². The third-order valence-corrected chi connectivity index (χ3v) is 1.43. The summed E-state index contributed by atoms with van der Waals surface area (Å²) in [6.07, 6.45) is 18.5. The lowest BCUT2D eigenvalue weighted by Crippen LogP contribution is -1.69. The van der Waals surface area contributed by atoms with E-state index in [-0.39, 0.29) is 0 Å². The Labute approximate surface area is 62.9 Å². The second-order valence-electron chi connectivity index (χ2n) is 2.33. The molecule has 0 heterocycles. The maximum absolute atomic E-state index is 2.24. The van der Waals surface area contributed by atoms with Crippen LogP contribution in [0.1, 0.15) is 19.3 Å². The third-order valence-electron chi connectivity index (χ3n) is 1.43. The van der Waals surface area contributed by atoms with Crippen LogP contribution in [0.5, 0.6) is 0 Å². The molecule has 0 bridgehead atoms. The molecule has 0 atom stereocenters. The average Bonchev–Trinajstić information content (AvgIpc) is 2.01. The van der Waals surface area contributed by atoms with Gasteiger partial charge >= 0.3 is 0 Å². The summed E-state index contributed by atoms with van der Waals surface area (Å²) >= 11 is 0. The molecule has 0 fully saturated rings. The van der Waals surface area contributed by atoms with Crippen LogP contribution < -0.4 is 0 Å². The molecule has 0 saturated heterocycles. The highest BCUT2D eigenvalue weighted by Crippen LogP contribution is 1.99. The molecule has 0 aromatic carbocycles. The van der Waals surface area contributed by atoms with E-state index in [0.717, 1.165) is 6.42 Å². The minimum absolute atomic E-state index is 1.07. The van der Waals surface area contributed by atoms with E-state index in [1.165, 1.54) is 12.8 Å². The monoisotopic (exact) mass is 133 g/mol. The van der Waals surface area contributed by atoms with E-state index in [9.17, 15) is 0 Å². The Bertz CT molecular complexity index is 131. The predicted octanol–water partition coefficient (Wildman–Crippen LogP) is 3.04. The van der Waals surface area contributed by atoms with Crippen LogP contribution in [0.4, 0.5) is 0 Å². The molecule has 53 valence electrons. The van der Waals surface area contributed by atoms with E-state index in [2.05, 4.69) is 42.9 Å². The fourth-order valence-corrected chi connectivity index (χ4v) is 0.881. The highest BCUT2D eigenvalue weighted by molar-refractivity contribution is 5.10. The molecule has 0 heteroatoms. The molecule has 1 rings (SSSR count). The summed E-state index contributed by atoms with van der Waals surface area (Å²) in [5.74, 6) is 0. The molecule has 10 heavy (non-hydrogen) atoms. The molecule has 1 radical (unpaired) electrons. The molecule has 0 unspecified atom stereocenters. The first-order valence-corrected chi connectivity index (χ1v) is 3.80. The Morgan fingerprint density at radius 3 is 2.50 bits per heavy atom. The Kier molecular flexibility index (Phi) is 3.69. The van der Waals surface area contributed by atoms with E-state index in [1.807, 2.05) is 0 Å². The number of rotatable bonds is 0. The Morgan fingerprint density at radius 2 is 1.50 bits per heavy atom. The zero-order chi connectivity index (χ0) is 7.07. The standard InChI is InChI=1S/C10H13/c1-2-4-6-8-10-9-7-5-3-1/h1-5,8,10H,6-7,9H2/b4-2-,5-3-,10-8-. The van der Waals surface area contributed by atoms with Gasteiger partial charge in [0.05, 0.1) is 0 Å². The van der Waals surface area contributed by atoms with Gasteiger partial charge < -0.3 is 0 Å². The summed E-state index contributed by atoms with van der Waals surface area (Å²) < 4.78 is 0. The molecule has 1 aliphatic rings. The van der Waals surface area contributed by atoms with Gasteiger partial charge in [-0.1, -0.05) is 36.5 Å². The van der Waals surface area contributed by atoms with Crippen molar-refractivity contribution in [1.29, 1.82) is 0 Å². The smallest absolute Gasteiger partial charge is 0.00442 e. The summed E-state index contributed by atoms with van der Waals surface area (Å²) in [5.41, 5.74) is 0. The van der Waals surface area contributed by atoms with Gasteiger partial charge in [-0.2, -0.15) is 0 Å². The largest absolute Gasteiger partial charge is 0.0879 e. The van der Waals surface area contributed by atoms with Crippen molar-refractivity contribution in [1.82, 2.24) is 0 Å². The Morgan fingerprint density at radius 1 is 0.700 bits per heavy atom. The molecule has 0 amide bonds. The second-order valence-corrected chi connectivity index (χ2v) is 2.33. The van der Waals surface area contributed by atoms with Crippen molar-refractivity contribution in [3.8, 4) is 0 Å². The van der Waals surface area contributed by atoms with Crippen LogP contribution in [0, 0.1) is 6.42 Å². The molecule has 0 aromatic rings. The van der Waals surface area contributed by atoms with Crippen molar-refractivity contribution in [2.45, 2.75) is 19.3 Å². The summed E-state index contributed by atoms with van der Waals surface area (Å²) in [7, 11) is 0. The van der Waals surface area contributed by atoms with Crippen LogP contribution in [-0.4, -0.2) is 0 Å². The van der Waals surface area contributed by atoms with Gasteiger partial charge in [-0.05, 0) is 19.3 Å². The van der Waals surface area contributed by atoms with Crippen LogP contribution in [0.15, 0.2) is 36.5 Å². The van der Waals surface area contributed by atoms with Crippen molar-refractivity contribution < 1.29 is 0 Å². The molecule has 0 saturated carbocycles. The summed E-state index contributed by atoms with van der Waals surface area (Å²) in [4.78, 5) is 0. The molecular formula is C10H13. The first-order valence-electron chi connectivity index (χ1n) is 3.80. The third kappa shape index (κ3) is 3.29. The van der Waals surface area contributed by atoms with E-state index >= 15 is 0 Å². The van der Waals surface area contributed by atoms with E-state index in [1.54, 1.807) is 0 Å². The van der Waals surface area contributed by atoms with Gasteiger partial charge in [-0.3, -0.25) is 0 Å². The Balaban J connectivity index is 2.38. The van der Waals surface area contributed by atoms with Crippen molar-refractivity contribution in [2.75, 3.05) is 0 Å². The van der Waals surface area contributed by atoms with Crippen molar-refractivity contribution in [2.24, 2.45) is 0 Å². The number of hydrogen-bond acceptors (Lipinski definition) is 0. The topological polar surface area (TPSA) is 0 Å². The molecule has 0 aliphatic heterocycles. The van der Waals surface area contributed by atoms with Crippen molar-refractivity contribution in [3.05, 3.63) is 42.9 Å². The van der Waals surface area contributed by atoms with E-state index < -0.39 is 0 Å². The summed E-state index contributed by atoms with van der Waals surface area (Å²) in [6.45, 7) is 0. The zero-order valence-electron chi connectivity index (χ0n) is 6.16. The molecule has 0 N–H and O–H groups in total. The Hall–Kier alpha value is -0.780. The lowest BCUT2D eigenvalue weighted by molar-refractivity contribution is 1.04. The lowest BCUT2D eigenvalue weighted by Gasteiger charge is -1.89. The van der Waals surface area contributed by atoms with Gasteiger partial charge in [-0.15, -0.1) is 0 Å². The lowest BCUT2D eigenvalue weighted by atomic mass is 10.2. The molecule has 0 spiro atoms. The summed E-state index contributed by atoms with van der Waals surface area (Å²) in [6, 6.07) is 0. The van der Waals surface area contributed by atoms with Crippen molar-refractivity contribution in [3.63, 3.8) is 0 Å². The normalized spacial score (nSPS) is 28.8. The van der Waals surface area contributed by atoms with Crippen LogP contribution in [0.2, 0.25) is 0 Å². The summed E-state index contributed by atoms with van der Waals surface area (Å²) in [5, 5.41) is 0. The molecule has 0 aromatic heterocycles. The minimum Gasteiger partial charge on any atom is -0.0879 e. The zero-order valence-corrected chi connectivity index (χ0v) is 6.16. The second kappa shape index (κ2) is 5.04. The highest BCUT2D eigenvalue weighted by Gasteiger charge is 1.79. The van der Waals surface area contributed by atoms with Crippen LogP contribution >= 0.6 is 0 Å². The van der Waals surface area contributed by atoms with Gasteiger partial charge in [0, 0.05) is 6.42 Å². The maximum Gasteiger partial charge on any atom is 0.00442 e. The van der Waals surface area contributed by atoms with Gasteiger partial charge in [0.25, 0.3) is 0 Å². The first kappa shape index (κ1) is 7.33. The average molecular weight is 133 g/mol. The number of hydrogen-bond donors (Lipinski definition) is 0. The van der Waals surface area contributed by atoms with Crippen LogP contribution in [0.25, 0.3) is 0 Å².